The highest BCUT2D eigenvalue weighted by atomic mass is 127. The molecule has 0 radical (unpaired) electrons. The third-order valence-corrected chi connectivity index (χ3v) is 5.92. The van der Waals surface area contributed by atoms with Crippen molar-refractivity contribution in [3.05, 3.63) is 84.9 Å². The average molecular weight is 560 g/mol. The lowest BCUT2D eigenvalue weighted by atomic mass is 9.94. The number of aromatic nitrogens is 3. The molecule has 2 heterocycles. The maximum absolute atomic E-state index is 13.4. The molecule has 1 aliphatic heterocycles. The van der Waals surface area contributed by atoms with Gasteiger partial charge in [-0.05, 0) is 65.8 Å². The Bertz CT molecular complexity index is 1240. The molecule has 33 heavy (non-hydrogen) atoms. The molecule has 10 nitrogen and oxygen atoms in total. The predicted octanol–water partition coefficient (Wildman–Crippen LogP) is 3.64. The van der Waals surface area contributed by atoms with Crippen LogP contribution in [-0.4, -0.2) is 37.3 Å². The molecule has 1 aromatic heterocycles. The molecule has 0 saturated carbocycles. The zero-order valence-electron chi connectivity index (χ0n) is 17.7. The Labute approximate surface area is 203 Å². The van der Waals surface area contributed by atoms with Gasteiger partial charge < -0.3 is 15.7 Å². The molecule has 0 spiro atoms. The summed E-state index contributed by atoms with van der Waals surface area (Å²) in [4.78, 5) is 28.8. The molecule has 4 rings (SSSR count). The molecule has 1 atom stereocenters. The number of aryl methyl sites for hydroxylation is 1. The van der Waals surface area contributed by atoms with Crippen molar-refractivity contribution in [3.8, 4) is 0 Å². The third-order valence-electron chi connectivity index (χ3n) is 5.20. The van der Waals surface area contributed by atoms with E-state index in [1.165, 1.54) is 12.1 Å². The Morgan fingerprint density at radius 2 is 2.06 bits per heavy atom. The maximum Gasteiger partial charge on any atom is 0.269 e. The second kappa shape index (κ2) is 9.67. The zero-order chi connectivity index (χ0) is 23.5. The van der Waals surface area contributed by atoms with Crippen LogP contribution in [0, 0.1) is 13.7 Å². The number of halogens is 1. The van der Waals surface area contributed by atoms with Crippen molar-refractivity contribution in [2.24, 2.45) is 0 Å². The second-order valence-corrected chi connectivity index (χ2v) is 8.75. The average Bonchev–Trinajstić information content (AvgIpc) is 3.20. The third kappa shape index (κ3) is 4.88. The standard InChI is InChI=1S/C22H21IN6O4/c1-13-19(21(31)25-16-9-7-15(23)8-10-16)20(14-4-2-5-17(12-14)29(32)33)28-22(24-13)26-18(27-28)6-3-11-30/h2,4-5,7-10,12,20,30H,3,6,11H2,1H3,(H,25,31)(H,24,26,27). The monoisotopic (exact) mass is 560 g/mol. The van der Waals surface area contributed by atoms with Gasteiger partial charge in [-0.25, -0.2) is 4.68 Å². The van der Waals surface area contributed by atoms with Crippen LogP contribution in [0.1, 0.15) is 30.8 Å². The first-order chi connectivity index (χ1) is 15.9. The number of amides is 1. The highest BCUT2D eigenvalue weighted by Gasteiger charge is 2.35. The van der Waals surface area contributed by atoms with Crippen LogP contribution in [0.25, 0.3) is 0 Å². The molecule has 0 saturated heterocycles. The summed E-state index contributed by atoms with van der Waals surface area (Å²) in [7, 11) is 0. The van der Waals surface area contributed by atoms with E-state index in [2.05, 4.69) is 43.3 Å². The Kier molecular flexibility index (Phi) is 6.70. The number of hydrogen-bond acceptors (Lipinski definition) is 7. The molecule has 0 aliphatic carbocycles. The number of allylic oxidation sites excluding steroid dienone is 1. The maximum atomic E-state index is 13.4. The van der Waals surface area contributed by atoms with E-state index in [-0.39, 0.29) is 18.2 Å². The van der Waals surface area contributed by atoms with Gasteiger partial charge in [0.1, 0.15) is 6.04 Å². The van der Waals surface area contributed by atoms with Gasteiger partial charge in [-0.2, -0.15) is 10.1 Å². The molecular weight excluding hydrogens is 539 g/mol. The Balaban J connectivity index is 1.78. The van der Waals surface area contributed by atoms with Gasteiger partial charge in [0.2, 0.25) is 5.95 Å². The SMILES string of the molecule is CC1=C(C(=O)Nc2ccc(I)cc2)C(c2cccc([N+](=O)[O-])c2)n2nc(CCCO)nc2N1. The minimum Gasteiger partial charge on any atom is -0.396 e. The summed E-state index contributed by atoms with van der Waals surface area (Å²) in [6.45, 7) is 1.77. The first-order valence-electron chi connectivity index (χ1n) is 10.2. The molecule has 11 heteroatoms. The molecule has 0 bridgehead atoms. The number of aliphatic hydroxyl groups is 1. The lowest BCUT2D eigenvalue weighted by Crippen LogP contribution is -2.31. The number of anilines is 2. The topological polar surface area (TPSA) is 135 Å². The number of carbonyl (C=O) groups excluding carboxylic acids is 1. The van der Waals surface area contributed by atoms with Gasteiger partial charge >= 0.3 is 0 Å². The number of nitro benzene ring substituents is 1. The molecule has 170 valence electrons. The first kappa shape index (κ1) is 22.9. The molecule has 1 aliphatic rings. The van der Waals surface area contributed by atoms with Crippen LogP contribution in [0.5, 0.6) is 0 Å². The van der Waals surface area contributed by atoms with Crippen molar-refractivity contribution in [2.45, 2.75) is 25.8 Å². The molecule has 2 aromatic carbocycles. The van der Waals surface area contributed by atoms with E-state index in [0.717, 1.165) is 3.57 Å². The summed E-state index contributed by atoms with van der Waals surface area (Å²) in [6, 6.07) is 12.8. The lowest BCUT2D eigenvalue weighted by Gasteiger charge is -2.28. The summed E-state index contributed by atoms with van der Waals surface area (Å²) < 4.78 is 2.61. The Hall–Kier alpha value is -3.32. The molecular formula is C22H21IN6O4. The van der Waals surface area contributed by atoms with Crippen molar-refractivity contribution in [1.82, 2.24) is 14.8 Å². The van der Waals surface area contributed by atoms with E-state index in [1.807, 2.05) is 24.3 Å². The van der Waals surface area contributed by atoms with Gasteiger partial charge in [0.05, 0.1) is 10.5 Å². The number of rotatable bonds is 7. The van der Waals surface area contributed by atoms with Crippen LogP contribution in [0.2, 0.25) is 0 Å². The minimum absolute atomic E-state index is 0.00650. The van der Waals surface area contributed by atoms with Crippen LogP contribution < -0.4 is 10.6 Å². The molecule has 1 unspecified atom stereocenters. The second-order valence-electron chi connectivity index (χ2n) is 7.50. The summed E-state index contributed by atoms with van der Waals surface area (Å²) in [6.07, 6.45) is 0.959. The van der Waals surface area contributed by atoms with E-state index in [1.54, 1.807) is 23.7 Å². The number of nitrogens with one attached hydrogen (secondary N) is 2. The molecule has 1 amide bonds. The van der Waals surface area contributed by atoms with E-state index in [9.17, 15) is 14.9 Å². The van der Waals surface area contributed by atoms with E-state index in [0.29, 0.717) is 47.1 Å². The van der Waals surface area contributed by atoms with Gasteiger partial charge in [-0.15, -0.1) is 0 Å². The normalized spacial score (nSPS) is 15.1. The number of nitrogens with zero attached hydrogens (tertiary/aromatic N) is 4. The number of non-ortho nitro benzene ring substituents is 1. The van der Waals surface area contributed by atoms with Crippen LogP contribution in [0.3, 0.4) is 0 Å². The first-order valence-corrected chi connectivity index (χ1v) is 11.3. The summed E-state index contributed by atoms with van der Waals surface area (Å²) >= 11 is 2.19. The smallest absolute Gasteiger partial charge is 0.269 e. The number of benzene rings is 2. The van der Waals surface area contributed by atoms with Gasteiger partial charge in [0.25, 0.3) is 11.6 Å². The van der Waals surface area contributed by atoms with Gasteiger partial charge in [-0.3, -0.25) is 14.9 Å². The Morgan fingerprint density at radius 3 is 2.76 bits per heavy atom. The number of aliphatic hydroxyl groups excluding tert-OH is 1. The number of carbonyl (C=O) groups is 1. The van der Waals surface area contributed by atoms with Gasteiger partial charge in [-0.1, -0.05) is 12.1 Å². The van der Waals surface area contributed by atoms with Crippen molar-refractivity contribution < 1.29 is 14.8 Å². The van der Waals surface area contributed by atoms with Gasteiger partial charge in [0, 0.05) is 40.1 Å². The van der Waals surface area contributed by atoms with Crippen molar-refractivity contribution in [1.29, 1.82) is 0 Å². The lowest BCUT2D eigenvalue weighted by molar-refractivity contribution is -0.384. The minimum atomic E-state index is -0.722. The largest absolute Gasteiger partial charge is 0.396 e. The molecule has 0 fully saturated rings. The summed E-state index contributed by atoms with van der Waals surface area (Å²) in [5.74, 6) is 0.590. The predicted molar refractivity (Wildman–Crippen MR) is 131 cm³/mol. The summed E-state index contributed by atoms with van der Waals surface area (Å²) in [5.41, 5.74) is 2.04. The van der Waals surface area contributed by atoms with Crippen molar-refractivity contribution >= 4 is 45.8 Å². The van der Waals surface area contributed by atoms with Crippen LogP contribution in [0.15, 0.2) is 59.8 Å². The van der Waals surface area contributed by atoms with E-state index >= 15 is 0 Å². The van der Waals surface area contributed by atoms with Crippen LogP contribution >= 0.6 is 22.6 Å². The van der Waals surface area contributed by atoms with E-state index < -0.39 is 11.0 Å². The zero-order valence-corrected chi connectivity index (χ0v) is 19.8. The molecule has 3 N–H and O–H groups in total. The fourth-order valence-corrected chi connectivity index (χ4v) is 4.04. The molecule has 3 aromatic rings. The van der Waals surface area contributed by atoms with Crippen LogP contribution in [0.4, 0.5) is 17.3 Å². The Morgan fingerprint density at radius 1 is 1.30 bits per heavy atom. The van der Waals surface area contributed by atoms with Gasteiger partial charge in [0.15, 0.2) is 5.82 Å². The van der Waals surface area contributed by atoms with Crippen molar-refractivity contribution in [2.75, 3.05) is 17.2 Å². The number of fused-ring (bicyclic) bond motifs is 1. The van der Waals surface area contributed by atoms with Crippen molar-refractivity contribution in [3.63, 3.8) is 0 Å². The van der Waals surface area contributed by atoms with Crippen LogP contribution in [-0.2, 0) is 11.2 Å². The summed E-state index contributed by atoms with van der Waals surface area (Å²) in [5, 5.41) is 31.1. The highest BCUT2D eigenvalue weighted by Crippen LogP contribution is 2.36. The number of hydrogen-bond donors (Lipinski definition) is 3. The van der Waals surface area contributed by atoms with E-state index in [4.69, 9.17) is 5.11 Å². The fourth-order valence-electron chi connectivity index (χ4n) is 3.68. The highest BCUT2D eigenvalue weighted by molar-refractivity contribution is 14.1. The number of nitro groups is 1. The quantitative estimate of drug-likeness (QED) is 0.228. The fraction of sp³-hybridized carbons (Fsp3) is 0.227.